The summed E-state index contributed by atoms with van der Waals surface area (Å²) in [6.45, 7) is 5.97. The van der Waals surface area contributed by atoms with E-state index in [0.29, 0.717) is 30.3 Å². The number of aromatic nitrogens is 10. The molecule has 0 saturated carbocycles. The lowest BCUT2D eigenvalue weighted by Gasteiger charge is -2.32. The fourth-order valence-corrected chi connectivity index (χ4v) is 7.37. The van der Waals surface area contributed by atoms with E-state index in [1.165, 1.54) is 27.6 Å². The van der Waals surface area contributed by atoms with Crippen LogP contribution in [0.15, 0.2) is 131 Å². The third-order valence-corrected chi connectivity index (χ3v) is 10.6. The van der Waals surface area contributed by atoms with Crippen LogP contribution in [0.25, 0.3) is 22.8 Å². The standard InChI is InChI=1S/C25H27N7O3S.C20H19N7OS/c1-25(2,3)35-24(34)32(14-19-15-36-16-27-19)20(13-17-7-5-4-6-8-17)22(33)29-23-28-21(30-31-23)18-9-11-26-12-10-18;28-19(25-20-24-18(26-27-20)15-6-8-21-9-7-15)17(10-14-4-2-1-3-5-14)22-11-16-12-29-13-23-16/h4-12,15-16,20H,13-14H2,1-3H3,(H2,28,29,30,31,33);1-9,12-13,17,22H,10-11H2,(H2,24,25,26,27,28)/t20-;17-/m00/s1. The molecular formula is C45H46N14O4S2. The lowest BCUT2D eigenvalue weighted by atomic mass is 10.0. The van der Waals surface area contributed by atoms with Crippen LogP contribution >= 0.6 is 22.7 Å². The van der Waals surface area contributed by atoms with Crippen LogP contribution in [0.3, 0.4) is 0 Å². The van der Waals surface area contributed by atoms with Crippen LogP contribution < -0.4 is 16.0 Å². The second-order valence-corrected chi connectivity index (χ2v) is 16.8. The van der Waals surface area contributed by atoms with Gasteiger partial charge in [0.1, 0.15) is 11.6 Å². The summed E-state index contributed by atoms with van der Waals surface area (Å²) in [6, 6.07) is 25.2. The second-order valence-electron chi connectivity index (χ2n) is 15.4. The van der Waals surface area contributed by atoms with Crippen molar-refractivity contribution in [3.8, 4) is 22.8 Å². The van der Waals surface area contributed by atoms with Gasteiger partial charge in [0.2, 0.25) is 23.7 Å². The molecule has 5 N–H and O–H groups in total. The molecule has 2 atom stereocenters. The number of rotatable bonds is 16. The van der Waals surface area contributed by atoms with Gasteiger partial charge < -0.3 is 4.74 Å². The maximum Gasteiger partial charge on any atom is 0.411 e. The Morgan fingerprint density at radius 1 is 0.677 bits per heavy atom. The van der Waals surface area contributed by atoms with Crippen molar-refractivity contribution in [2.75, 3.05) is 10.6 Å². The van der Waals surface area contributed by atoms with Crippen LogP contribution in [0.2, 0.25) is 0 Å². The second kappa shape index (κ2) is 22.2. The van der Waals surface area contributed by atoms with Gasteiger partial charge in [0.15, 0.2) is 11.6 Å². The Labute approximate surface area is 382 Å². The zero-order valence-corrected chi connectivity index (χ0v) is 37.3. The third-order valence-electron chi connectivity index (χ3n) is 9.36. The molecule has 3 amide bonds. The van der Waals surface area contributed by atoms with Crippen molar-refractivity contribution < 1.29 is 19.1 Å². The summed E-state index contributed by atoms with van der Waals surface area (Å²) >= 11 is 2.94. The molecule has 20 heteroatoms. The first kappa shape index (κ1) is 45.5. The summed E-state index contributed by atoms with van der Waals surface area (Å²) in [5, 5.41) is 26.5. The molecule has 0 fully saturated rings. The van der Waals surface area contributed by atoms with Crippen molar-refractivity contribution in [1.29, 1.82) is 0 Å². The monoisotopic (exact) mass is 910 g/mol. The predicted molar refractivity (Wildman–Crippen MR) is 247 cm³/mol. The highest BCUT2D eigenvalue weighted by molar-refractivity contribution is 7.07. The molecule has 0 saturated heterocycles. The maximum absolute atomic E-state index is 13.6. The number of hydrogen-bond donors (Lipinski definition) is 5. The van der Waals surface area contributed by atoms with Gasteiger partial charge in [0.05, 0.1) is 35.0 Å². The Kier molecular flexibility index (Phi) is 15.5. The van der Waals surface area contributed by atoms with E-state index in [-0.39, 0.29) is 30.8 Å². The van der Waals surface area contributed by atoms with Crippen molar-refractivity contribution in [3.05, 3.63) is 154 Å². The molecule has 0 spiro atoms. The maximum atomic E-state index is 13.6. The molecule has 332 valence electrons. The number of carbonyl (C=O) groups excluding carboxylic acids is 3. The number of aromatic amines is 2. The number of carbonyl (C=O) groups is 3. The van der Waals surface area contributed by atoms with E-state index in [2.05, 4.69) is 66.2 Å². The van der Waals surface area contributed by atoms with Crippen LogP contribution in [-0.2, 0) is 40.3 Å². The molecule has 0 aliphatic heterocycles. The Balaban J connectivity index is 0.000000198. The van der Waals surface area contributed by atoms with E-state index >= 15 is 0 Å². The van der Waals surface area contributed by atoms with Crippen molar-refractivity contribution in [2.45, 2.75) is 64.4 Å². The van der Waals surface area contributed by atoms with Gasteiger partial charge in [0, 0.05) is 59.6 Å². The van der Waals surface area contributed by atoms with Crippen LogP contribution in [0, 0.1) is 0 Å². The van der Waals surface area contributed by atoms with E-state index in [1.807, 2.05) is 83.6 Å². The number of benzene rings is 2. The zero-order valence-electron chi connectivity index (χ0n) is 35.7. The van der Waals surface area contributed by atoms with Crippen molar-refractivity contribution >= 4 is 52.5 Å². The molecule has 8 aromatic rings. The molecule has 2 aromatic carbocycles. The minimum atomic E-state index is -0.910. The average Bonchev–Trinajstić information content (AvgIpc) is 4.18. The molecule has 0 bridgehead atoms. The van der Waals surface area contributed by atoms with E-state index in [0.717, 1.165) is 27.9 Å². The van der Waals surface area contributed by atoms with Gasteiger partial charge in [-0.3, -0.25) is 50.6 Å². The zero-order chi connectivity index (χ0) is 45.4. The Hall–Kier alpha value is -7.55. The number of pyridine rings is 2. The van der Waals surface area contributed by atoms with Crippen molar-refractivity contribution in [2.24, 2.45) is 0 Å². The van der Waals surface area contributed by atoms with Crippen LogP contribution in [0.1, 0.15) is 43.3 Å². The molecular weight excluding hydrogens is 865 g/mol. The van der Waals surface area contributed by atoms with Gasteiger partial charge in [-0.2, -0.15) is 9.97 Å². The van der Waals surface area contributed by atoms with Gasteiger partial charge in [-0.1, -0.05) is 60.7 Å². The van der Waals surface area contributed by atoms with E-state index in [9.17, 15) is 14.4 Å². The summed E-state index contributed by atoms with van der Waals surface area (Å²) in [4.78, 5) is 66.6. The Bertz CT molecular complexity index is 2680. The topological polar surface area (TPSA) is 234 Å². The molecule has 6 heterocycles. The highest BCUT2D eigenvalue weighted by Crippen LogP contribution is 2.21. The van der Waals surface area contributed by atoms with Gasteiger partial charge in [-0.05, 0) is 62.6 Å². The Morgan fingerprint density at radius 3 is 1.69 bits per heavy atom. The smallest absolute Gasteiger partial charge is 0.411 e. The summed E-state index contributed by atoms with van der Waals surface area (Å²) in [7, 11) is 0. The fraction of sp³-hybridized carbons (Fsp3) is 0.222. The molecule has 18 nitrogen and oxygen atoms in total. The van der Waals surface area contributed by atoms with Gasteiger partial charge >= 0.3 is 6.09 Å². The normalized spacial score (nSPS) is 12.0. The number of nitrogens with one attached hydrogen (secondary N) is 5. The first-order valence-electron chi connectivity index (χ1n) is 20.4. The molecule has 8 rings (SSSR count). The van der Waals surface area contributed by atoms with Crippen LogP contribution in [0.4, 0.5) is 16.7 Å². The lowest BCUT2D eigenvalue weighted by Crippen LogP contribution is -2.50. The number of hydrogen-bond acceptors (Lipinski definition) is 15. The number of thiazole rings is 2. The first-order valence-corrected chi connectivity index (χ1v) is 22.3. The van der Waals surface area contributed by atoms with Gasteiger partial charge in [-0.15, -0.1) is 32.9 Å². The van der Waals surface area contributed by atoms with E-state index < -0.39 is 29.7 Å². The van der Waals surface area contributed by atoms with Crippen LogP contribution in [0.5, 0.6) is 0 Å². The molecule has 65 heavy (non-hydrogen) atoms. The van der Waals surface area contributed by atoms with Gasteiger partial charge in [-0.25, -0.2) is 14.8 Å². The van der Waals surface area contributed by atoms with Crippen molar-refractivity contribution in [1.82, 2.24) is 60.5 Å². The number of amides is 3. The summed E-state index contributed by atoms with van der Waals surface area (Å²) in [6.07, 6.45) is 6.82. The molecule has 0 unspecified atom stereocenters. The first-order chi connectivity index (χ1) is 31.6. The highest BCUT2D eigenvalue weighted by Gasteiger charge is 2.34. The number of anilines is 2. The Morgan fingerprint density at radius 2 is 1.18 bits per heavy atom. The number of H-pyrrole nitrogens is 2. The minimum absolute atomic E-state index is 0.0997. The summed E-state index contributed by atoms with van der Waals surface area (Å²) in [5.74, 6) is 0.735. The summed E-state index contributed by atoms with van der Waals surface area (Å²) < 4.78 is 5.67. The van der Waals surface area contributed by atoms with E-state index in [4.69, 9.17) is 4.74 Å². The highest BCUT2D eigenvalue weighted by atomic mass is 32.1. The number of nitrogens with zero attached hydrogens (tertiary/aromatic N) is 9. The lowest BCUT2D eigenvalue weighted by molar-refractivity contribution is -0.121. The van der Waals surface area contributed by atoms with Crippen molar-refractivity contribution in [3.63, 3.8) is 0 Å². The van der Waals surface area contributed by atoms with E-state index in [1.54, 1.807) is 68.7 Å². The average molecular weight is 911 g/mol. The summed E-state index contributed by atoms with van der Waals surface area (Å²) in [5.41, 5.74) is 7.85. The molecule has 0 aliphatic carbocycles. The number of ether oxygens (including phenoxy) is 1. The largest absolute Gasteiger partial charge is 0.444 e. The molecule has 0 aliphatic rings. The predicted octanol–water partition coefficient (Wildman–Crippen LogP) is 6.97. The quantitative estimate of drug-likeness (QED) is 0.0660. The molecule has 6 aromatic heterocycles. The fourth-order valence-electron chi connectivity index (χ4n) is 6.26. The van der Waals surface area contributed by atoms with Gasteiger partial charge in [0.25, 0.3) is 0 Å². The van der Waals surface area contributed by atoms with Crippen LogP contribution in [-0.4, -0.2) is 90.8 Å². The SMILES string of the molecule is CC(C)(C)OC(=O)N(Cc1cscn1)[C@@H](Cc1ccccc1)C(=O)Nc1n[nH]c(-c2ccncc2)n1.O=C(Nc1n[nH]c(-c2ccncc2)n1)[C@H](Cc1ccccc1)NCc1cscn1. The minimum Gasteiger partial charge on any atom is -0.444 e. The molecule has 0 radical (unpaired) electrons. The third kappa shape index (κ3) is 13.7.